The molecule has 0 bridgehead atoms. The number of furan rings is 1. The molecule has 1 amide bonds. The Labute approximate surface area is 138 Å². The standard InChI is InChI=1S/C16H17N5O3/c1-3-23-13-7-5-12(6-8-13)17-15(22)10-21-19-16(18-20-21)14-9-4-11(2)24-14/h4-9H,3,10H2,1-2H3,(H,17,22). The summed E-state index contributed by atoms with van der Waals surface area (Å²) in [6, 6.07) is 10.7. The minimum Gasteiger partial charge on any atom is -0.494 e. The maximum Gasteiger partial charge on any atom is 0.248 e. The summed E-state index contributed by atoms with van der Waals surface area (Å²) >= 11 is 0. The summed E-state index contributed by atoms with van der Waals surface area (Å²) in [4.78, 5) is 13.3. The Kier molecular flexibility index (Phi) is 4.55. The first-order valence-electron chi connectivity index (χ1n) is 7.51. The number of benzene rings is 1. The zero-order valence-electron chi connectivity index (χ0n) is 13.4. The number of anilines is 1. The largest absolute Gasteiger partial charge is 0.494 e. The lowest BCUT2D eigenvalue weighted by molar-refractivity contribution is -0.117. The first-order valence-corrected chi connectivity index (χ1v) is 7.51. The van der Waals surface area contributed by atoms with Gasteiger partial charge in [-0.1, -0.05) is 0 Å². The van der Waals surface area contributed by atoms with E-state index in [0.717, 1.165) is 11.5 Å². The van der Waals surface area contributed by atoms with E-state index in [0.29, 0.717) is 23.9 Å². The number of carbonyl (C=O) groups is 1. The van der Waals surface area contributed by atoms with Crippen LogP contribution in [0, 0.1) is 6.92 Å². The van der Waals surface area contributed by atoms with Gasteiger partial charge in [-0.25, -0.2) is 0 Å². The Hall–Kier alpha value is -3.16. The zero-order valence-corrected chi connectivity index (χ0v) is 13.4. The SMILES string of the molecule is CCOc1ccc(NC(=O)Cn2nnc(-c3ccc(C)o3)n2)cc1. The second-order valence-corrected chi connectivity index (χ2v) is 5.06. The fraction of sp³-hybridized carbons (Fsp3) is 0.250. The van der Waals surface area contributed by atoms with Gasteiger partial charge in [0.25, 0.3) is 0 Å². The minimum absolute atomic E-state index is 0.0418. The zero-order chi connectivity index (χ0) is 16.9. The molecule has 0 aliphatic rings. The van der Waals surface area contributed by atoms with E-state index in [1.54, 1.807) is 30.3 Å². The van der Waals surface area contributed by atoms with Gasteiger partial charge in [0.1, 0.15) is 18.1 Å². The average molecular weight is 327 g/mol. The molecule has 8 heteroatoms. The highest BCUT2D eigenvalue weighted by Crippen LogP contribution is 2.17. The Balaban J connectivity index is 1.59. The Bertz CT molecular complexity index is 822. The molecule has 0 unspecified atom stereocenters. The van der Waals surface area contributed by atoms with Gasteiger partial charge in [0.15, 0.2) is 5.76 Å². The minimum atomic E-state index is -0.251. The summed E-state index contributed by atoms with van der Waals surface area (Å²) in [5, 5.41) is 14.6. The molecule has 1 N–H and O–H groups in total. The van der Waals surface area contributed by atoms with Crippen LogP contribution in [0.15, 0.2) is 40.8 Å². The van der Waals surface area contributed by atoms with Gasteiger partial charge in [0.2, 0.25) is 11.7 Å². The van der Waals surface area contributed by atoms with Crippen LogP contribution in [0.25, 0.3) is 11.6 Å². The van der Waals surface area contributed by atoms with E-state index in [1.807, 2.05) is 19.9 Å². The highest BCUT2D eigenvalue weighted by Gasteiger charge is 2.12. The van der Waals surface area contributed by atoms with Crippen molar-refractivity contribution >= 4 is 11.6 Å². The number of aryl methyl sites for hydroxylation is 1. The topological polar surface area (TPSA) is 95.1 Å². The van der Waals surface area contributed by atoms with Crippen LogP contribution in [-0.4, -0.2) is 32.7 Å². The van der Waals surface area contributed by atoms with Crippen LogP contribution >= 0.6 is 0 Å². The average Bonchev–Trinajstić information content (AvgIpc) is 3.18. The fourth-order valence-electron chi connectivity index (χ4n) is 2.09. The van der Waals surface area contributed by atoms with Crippen LogP contribution in [0.5, 0.6) is 5.75 Å². The van der Waals surface area contributed by atoms with Gasteiger partial charge < -0.3 is 14.5 Å². The molecule has 0 saturated heterocycles. The lowest BCUT2D eigenvalue weighted by atomic mass is 10.3. The van der Waals surface area contributed by atoms with Crippen LogP contribution in [-0.2, 0) is 11.3 Å². The molecule has 0 aliphatic carbocycles. The molecular formula is C16H17N5O3. The summed E-state index contributed by atoms with van der Waals surface area (Å²) in [7, 11) is 0. The molecule has 124 valence electrons. The second kappa shape index (κ2) is 6.95. The lowest BCUT2D eigenvalue weighted by Crippen LogP contribution is -2.20. The number of nitrogens with one attached hydrogen (secondary N) is 1. The molecular weight excluding hydrogens is 310 g/mol. The van der Waals surface area contributed by atoms with Gasteiger partial charge in [-0.3, -0.25) is 4.79 Å². The molecule has 24 heavy (non-hydrogen) atoms. The van der Waals surface area contributed by atoms with Crippen LogP contribution < -0.4 is 10.1 Å². The molecule has 0 saturated carbocycles. The predicted molar refractivity (Wildman–Crippen MR) is 86.5 cm³/mol. The van der Waals surface area contributed by atoms with Crippen LogP contribution in [0.2, 0.25) is 0 Å². The summed E-state index contributed by atoms with van der Waals surface area (Å²) in [6.07, 6.45) is 0. The molecule has 0 aliphatic heterocycles. The second-order valence-electron chi connectivity index (χ2n) is 5.06. The maximum atomic E-state index is 12.0. The fourth-order valence-corrected chi connectivity index (χ4v) is 2.09. The normalized spacial score (nSPS) is 10.6. The molecule has 8 nitrogen and oxygen atoms in total. The molecule has 0 fully saturated rings. The van der Waals surface area contributed by atoms with Crippen molar-refractivity contribution in [3.63, 3.8) is 0 Å². The number of hydrogen-bond donors (Lipinski definition) is 1. The van der Waals surface area contributed by atoms with Gasteiger partial charge in [-0.05, 0) is 55.5 Å². The van der Waals surface area contributed by atoms with Crippen molar-refractivity contribution in [2.45, 2.75) is 20.4 Å². The summed E-state index contributed by atoms with van der Waals surface area (Å²) < 4.78 is 10.8. The van der Waals surface area contributed by atoms with Gasteiger partial charge in [-0.15, -0.1) is 10.2 Å². The van der Waals surface area contributed by atoms with Crippen molar-refractivity contribution < 1.29 is 13.9 Å². The van der Waals surface area contributed by atoms with Gasteiger partial charge in [0, 0.05) is 5.69 Å². The highest BCUT2D eigenvalue weighted by molar-refractivity contribution is 5.90. The third kappa shape index (κ3) is 3.78. The van der Waals surface area contributed by atoms with Gasteiger partial charge >= 0.3 is 0 Å². The maximum absolute atomic E-state index is 12.0. The van der Waals surface area contributed by atoms with E-state index in [2.05, 4.69) is 20.7 Å². The number of hydrogen-bond acceptors (Lipinski definition) is 6. The van der Waals surface area contributed by atoms with Crippen LogP contribution in [0.1, 0.15) is 12.7 Å². The van der Waals surface area contributed by atoms with Crippen molar-refractivity contribution in [3.05, 3.63) is 42.2 Å². The Morgan fingerprint density at radius 2 is 2.04 bits per heavy atom. The van der Waals surface area contributed by atoms with Crippen molar-refractivity contribution in [2.75, 3.05) is 11.9 Å². The van der Waals surface area contributed by atoms with Crippen molar-refractivity contribution in [3.8, 4) is 17.3 Å². The predicted octanol–water partition coefficient (Wildman–Crippen LogP) is 2.28. The molecule has 0 atom stereocenters. The van der Waals surface area contributed by atoms with E-state index < -0.39 is 0 Å². The number of nitrogens with zero attached hydrogens (tertiary/aromatic N) is 4. The van der Waals surface area contributed by atoms with Crippen molar-refractivity contribution in [1.82, 2.24) is 20.2 Å². The first-order chi connectivity index (χ1) is 11.6. The molecule has 0 radical (unpaired) electrons. The van der Waals surface area contributed by atoms with Crippen LogP contribution in [0.3, 0.4) is 0 Å². The smallest absolute Gasteiger partial charge is 0.248 e. The van der Waals surface area contributed by atoms with Gasteiger partial charge in [0.05, 0.1) is 6.61 Å². The van der Waals surface area contributed by atoms with E-state index in [4.69, 9.17) is 9.15 Å². The number of rotatable bonds is 6. The quantitative estimate of drug-likeness (QED) is 0.746. The highest BCUT2D eigenvalue weighted by atomic mass is 16.5. The molecule has 0 spiro atoms. The first kappa shape index (κ1) is 15.7. The molecule has 1 aromatic carbocycles. The van der Waals surface area contributed by atoms with E-state index in [9.17, 15) is 4.79 Å². The van der Waals surface area contributed by atoms with Gasteiger partial charge in [-0.2, -0.15) is 4.80 Å². The molecule has 2 aromatic heterocycles. The number of tetrazole rings is 1. The number of amides is 1. The lowest BCUT2D eigenvalue weighted by Gasteiger charge is -2.06. The summed E-state index contributed by atoms with van der Waals surface area (Å²) in [6.45, 7) is 4.30. The molecule has 2 heterocycles. The van der Waals surface area contributed by atoms with E-state index in [-0.39, 0.29) is 12.5 Å². The summed E-state index contributed by atoms with van der Waals surface area (Å²) in [5.74, 6) is 2.13. The molecule has 3 aromatic rings. The number of ether oxygens (including phenoxy) is 1. The monoisotopic (exact) mass is 327 g/mol. The van der Waals surface area contributed by atoms with Crippen LogP contribution in [0.4, 0.5) is 5.69 Å². The van der Waals surface area contributed by atoms with E-state index in [1.165, 1.54) is 4.80 Å². The third-order valence-corrected chi connectivity index (χ3v) is 3.15. The Morgan fingerprint density at radius 1 is 1.25 bits per heavy atom. The van der Waals surface area contributed by atoms with Crippen molar-refractivity contribution in [2.24, 2.45) is 0 Å². The third-order valence-electron chi connectivity index (χ3n) is 3.15. The summed E-state index contributed by atoms with van der Waals surface area (Å²) in [5.41, 5.74) is 0.672. The number of aromatic nitrogens is 4. The van der Waals surface area contributed by atoms with E-state index >= 15 is 0 Å². The molecule has 3 rings (SSSR count). The Morgan fingerprint density at radius 3 is 2.71 bits per heavy atom. The number of carbonyl (C=O) groups excluding carboxylic acids is 1. The van der Waals surface area contributed by atoms with Crippen molar-refractivity contribution in [1.29, 1.82) is 0 Å².